The second kappa shape index (κ2) is 21.7. The van der Waals surface area contributed by atoms with E-state index >= 15 is 0 Å². The van der Waals surface area contributed by atoms with Gasteiger partial charge in [0.25, 0.3) is 0 Å². The van der Waals surface area contributed by atoms with Crippen molar-refractivity contribution in [2.24, 2.45) is 5.11 Å². The molecule has 2 aromatic heterocycles. The number of aromatic nitrogens is 3. The van der Waals surface area contributed by atoms with Crippen molar-refractivity contribution in [2.75, 3.05) is 78.3 Å². The van der Waals surface area contributed by atoms with Crippen molar-refractivity contribution < 1.29 is 80.0 Å². The Morgan fingerprint density at radius 2 is 1.66 bits per heavy atom. The third-order valence-electron chi connectivity index (χ3n) is 6.56. The summed E-state index contributed by atoms with van der Waals surface area (Å²) in [6.45, 7) is 1.93. The summed E-state index contributed by atoms with van der Waals surface area (Å²) >= 11 is 0. The number of amides is 1. The SMILES string of the molecule is [N-]=[N+]=NCCOCCOCCOCCOCCC(=O)NCC#Cc1cn([C@H]2C[C@H](O)[C@@H](COP(=O)(O)OP(=O)(O)OP(=O)(O)O)O2)c2ncnc(N)c12. The largest absolute Gasteiger partial charge is 0.490 e. The lowest BCUT2D eigenvalue weighted by Gasteiger charge is -2.19. The normalized spacial score (nSPS) is 19.5. The minimum Gasteiger partial charge on any atom is -0.390 e. The monoisotopic (exact) mass is 816 g/mol. The molecule has 25 nitrogen and oxygen atoms in total. The van der Waals surface area contributed by atoms with Crippen molar-refractivity contribution in [3.63, 3.8) is 0 Å². The van der Waals surface area contributed by atoms with E-state index in [4.69, 9.17) is 44.7 Å². The van der Waals surface area contributed by atoms with Gasteiger partial charge < -0.3 is 64.0 Å². The van der Waals surface area contributed by atoms with E-state index in [9.17, 15) is 33.4 Å². The highest BCUT2D eigenvalue weighted by Gasteiger charge is 2.43. The summed E-state index contributed by atoms with van der Waals surface area (Å²) in [4.78, 5) is 59.3. The third kappa shape index (κ3) is 16.5. The molecule has 0 aliphatic carbocycles. The van der Waals surface area contributed by atoms with Crippen molar-refractivity contribution >= 4 is 46.2 Å². The second-order valence-electron chi connectivity index (χ2n) is 10.5. The number of hydrogen-bond donors (Lipinski definition) is 7. The zero-order valence-corrected chi connectivity index (χ0v) is 30.5. The van der Waals surface area contributed by atoms with Crippen molar-refractivity contribution in [3.05, 3.63) is 28.5 Å². The Hall–Kier alpha value is -3.07. The number of nitrogen functional groups attached to an aromatic ring is 1. The van der Waals surface area contributed by atoms with Gasteiger partial charge in [0, 0.05) is 30.5 Å². The Labute approximate surface area is 301 Å². The smallest absolute Gasteiger partial charge is 0.390 e. The van der Waals surface area contributed by atoms with Crippen LogP contribution in [-0.2, 0) is 55.3 Å². The number of carbonyl (C=O) groups excluding carboxylic acids is 1. The molecular weight excluding hydrogens is 777 g/mol. The first-order valence-corrected chi connectivity index (χ1v) is 19.9. The Kier molecular flexibility index (Phi) is 18.2. The molecule has 2 aromatic rings. The zero-order valence-electron chi connectivity index (χ0n) is 27.8. The lowest BCUT2D eigenvalue weighted by molar-refractivity contribution is -0.122. The van der Waals surface area contributed by atoms with Gasteiger partial charge in [-0.05, 0) is 5.53 Å². The van der Waals surface area contributed by atoms with Gasteiger partial charge in [-0.25, -0.2) is 23.7 Å². The van der Waals surface area contributed by atoms with Crippen LogP contribution in [0.15, 0.2) is 17.6 Å². The Morgan fingerprint density at radius 1 is 1.02 bits per heavy atom. The summed E-state index contributed by atoms with van der Waals surface area (Å²) in [5.74, 6) is 5.45. The van der Waals surface area contributed by atoms with E-state index < -0.39 is 48.5 Å². The summed E-state index contributed by atoms with van der Waals surface area (Å²) in [6, 6.07) is 0. The minimum absolute atomic E-state index is 0.0254. The van der Waals surface area contributed by atoms with Gasteiger partial charge in [0.05, 0.1) is 83.1 Å². The highest BCUT2D eigenvalue weighted by Crippen LogP contribution is 2.66. The molecule has 1 saturated heterocycles. The standard InChI is InChI=1S/C25H39N8O17P3/c26-24-23-18(2-1-4-28-21(35)3-6-43-8-10-45-12-13-46-11-9-44-7-5-31-32-27)15-33(25(23)30-17-29-24)22-14-19(34)20(48-22)16-47-52(39,40)50-53(41,42)49-51(36,37)38/h15,17,19-20,22,34H,3-14,16H2,(H,28,35)(H,39,40)(H,41,42)(H2,26,29,30)(H2,36,37,38)/t19-,20+,22+/m0/s1. The maximum atomic E-state index is 12.2. The van der Waals surface area contributed by atoms with E-state index in [-0.39, 0.29) is 56.5 Å². The fraction of sp³-hybridized carbons (Fsp3) is 0.640. The van der Waals surface area contributed by atoms with Crippen molar-refractivity contribution in [1.82, 2.24) is 19.9 Å². The number of phosphoric ester groups is 1. The molecule has 296 valence electrons. The van der Waals surface area contributed by atoms with Gasteiger partial charge in [-0.2, -0.15) is 8.62 Å². The van der Waals surface area contributed by atoms with E-state index in [1.165, 1.54) is 17.1 Å². The Morgan fingerprint density at radius 3 is 2.30 bits per heavy atom. The summed E-state index contributed by atoms with van der Waals surface area (Å²) in [5, 5.41) is 16.9. The maximum absolute atomic E-state index is 12.2. The van der Waals surface area contributed by atoms with Crippen LogP contribution in [0.1, 0.15) is 24.6 Å². The second-order valence-corrected chi connectivity index (χ2v) is 14.9. The van der Waals surface area contributed by atoms with Gasteiger partial charge in [-0.3, -0.25) is 9.32 Å². The van der Waals surface area contributed by atoms with Gasteiger partial charge in [-0.15, -0.1) is 0 Å². The number of nitrogens with zero attached hydrogens (tertiary/aromatic N) is 6. The van der Waals surface area contributed by atoms with E-state index in [0.717, 1.165) is 0 Å². The molecule has 1 aliphatic heterocycles. The number of nitrogens with two attached hydrogens (primary N) is 1. The topological polar surface area (TPSA) is 361 Å². The molecule has 0 aromatic carbocycles. The summed E-state index contributed by atoms with van der Waals surface area (Å²) in [7, 11) is -16.8. The average Bonchev–Trinajstić information content (AvgIpc) is 3.62. The number of aliphatic hydroxyl groups is 1. The third-order valence-corrected chi connectivity index (χ3v) is 10.4. The number of carbonyl (C=O) groups is 1. The van der Waals surface area contributed by atoms with Crippen LogP contribution in [0.5, 0.6) is 0 Å². The first-order chi connectivity index (χ1) is 25.1. The number of aliphatic hydroxyl groups excluding tert-OH is 1. The lowest BCUT2D eigenvalue weighted by Crippen LogP contribution is -2.26. The van der Waals surface area contributed by atoms with E-state index in [1.54, 1.807) is 0 Å². The molecule has 0 radical (unpaired) electrons. The summed E-state index contributed by atoms with van der Waals surface area (Å²) in [5.41, 5.74) is 14.8. The van der Waals surface area contributed by atoms with E-state index in [1.807, 2.05) is 0 Å². The van der Waals surface area contributed by atoms with Crippen LogP contribution in [0.4, 0.5) is 5.82 Å². The van der Waals surface area contributed by atoms with Gasteiger partial charge in [-0.1, -0.05) is 17.0 Å². The number of hydrogen-bond acceptors (Lipinski definition) is 17. The van der Waals surface area contributed by atoms with E-state index in [0.29, 0.717) is 50.6 Å². The maximum Gasteiger partial charge on any atom is 0.490 e. The van der Waals surface area contributed by atoms with Crippen LogP contribution in [0.2, 0.25) is 0 Å². The van der Waals surface area contributed by atoms with Gasteiger partial charge in [0.15, 0.2) is 0 Å². The molecule has 0 bridgehead atoms. The van der Waals surface area contributed by atoms with Crippen LogP contribution >= 0.6 is 23.5 Å². The number of phosphoric acid groups is 3. The number of azide groups is 1. The number of ether oxygens (including phenoxy) is 5. The lowest BCUT2D eigenvalue weighted by atomic mass is 10.2. The molecular formula is C25H39N8O17P3. The first kappa shape index (κ1) is 44.3. The van der Waals surface area contributed by atoms with Gasteiger partial charge in [0.1, 0.15) is 30.1 Å². The molecule has 5 atom stereocenters. The molecule has 1 fully saturated rings. The van der Waals surface area contributed by atoms with Gasteiger partial charge >= 0.3 is 23.5 Å². The van der Waals surface area contributed by atoms with Crippen molar-refractivity contribution in [1.29, 1.82) is 0 Å². The average molecular weight is 817 g/mol. The molecule has 53 heavy (non-hydrogen) atoms. The Balaban J connectivity index is 1.41. The molecule has 0 spiro atoms. The molecule has 3 heterocycles. The number of anilines is 1. The molecule has 1 aliphatic rings. The molecule has 2 unspecified atom stereocenters. The predicted octanol–water partition coefficient (Wildman–Crippen LogP) is 0.240. The minimum atomic E-state index is -5.73. The highest BCUT2D eigenvalue weighted by molar-refractivity contribution is 7.66. The molecule has 28 heteroatoms. The fourth-order valence-electron chi connectivity index (χ4n) is 4.38. The van der Waals surface area contributed by atoms with Crippen LogP contribution in [0.3, 0.4) is 0 Å². The number of rotatable bonds is 24. The quantitative estimate of drug-likeness (QED) is 0.0186. The van der Waals surface area contributed by atoms with Crippen molar-refractivity contribution in [2.45, 2.75) is 31.3 Å². The van der Waals surface area contributed by atoms with Gasteiger partial charge in [0.2, 0.25) is 5.91 Å². The van der Waals surface area contributed by atoms with Crippen LogP contribution in [-0.4, -0.2) is 130 Å². The number of fused-ring (bicyclic) bond motifs is 1. The first-order valence-electron chi connectivity index (χ1n) is 15.4. The van der Waals surface area contributed by atoms with E-state index in [2.05, 4.69) is 50.3 Å². The molecule has 3 rings (SSSR count). The van der Waals surface area contributed by atoms with Crippen LogP contribution in [0, 0.1) is 11.8 Å². The Bertz CT molecular complexity index is 1760. The summed E-state index contributed by atoms with van der Waals surface area (Å²) < 4.78 is 74.9. The molecule has 0 saturated carbocycles. The fourth-order valence-corrected chi connectivity index (χ4v) is 7.41. The zero-order chi connectivity index (χ0) is 38.9. The molecule has 8 N–H and O–H groups in total. The predicted molar refractivity (Wildman–Crippen MR) is 178 cm³/mol. The van der Waals surface area contributed by atoms with Crippen LogP contribution < -0.4 is 11.1 Å². The number of nitrogens with one attached hydrogen (secondary N) is 1. The highest BCUT2D eigenvalue weighted by atomic mass is 31.3. The molecule has 1 amide bonds. The summed E-state index contributed by atoms with van der Waals surface area (Å²) in [6.07, 6.45) is -0.854. The van der Waals surface area contributed by atoms with Crippen LogP contribution in [0.25, 0.3) is 21.5 Å². The van der Waals surface area contributed by atoms with Crippen molar-refractivity contribution in [3.8, 4) is 11.8 Å².